The van der Waals surface area contributed by atoms with Gasteiger partial charge < -0.3 is 10.3 Å². The molecule has 0 amide bonds. The predicted octanol–water partition coefficient (Wildman–Crippen LogP) is 13.9. The summed E-state index contributed by atoms with van der Waals surface area (Å²) in [6, 6.07) is 1.47. The molecule has 9 rings (SSSR count). The van der Waals surface area contributed by atoms with Gasteiger partial charge in [0.2, 0.25) is 0 Å². The van der Waals surface area contributed by atoms with Gasteiger partial charge in [-0.25, -0.2) is 30.0 Å². The average Bonchev–Trinajstić information content (AvgIpc) is 3.89. The van der Waals surface area contributed by atoms with Crippen LogP contribution in [-0.4, -0.2) is 28.3 Å². The van der Waals surface area contributed by atoms with Crippen LogP contribution in [0.15, 0.2) is 36.0 Å². The number of aromatic nitrogens is 1. The number of hydrogen-bond donors (Lipinski definition) is 2. The number of rotatable bonds is 0. The Morgan fingerprint density at radius 2 is 0.891 bits per heavy atom. The molecule has 4 aliphatic rings. The SMILES string of the molecule is Clc1cc(Cl)c2c(c1Cl)C1=NC2NC2=NC(N=C3N=C(N=c4[nH]c(c5c(Cl)c(Cl)c(Cl)c(Cl)c45)=N1)c1c(Cl)c(Cl)c(Cl)c(Cl)c13)c1c(Cl)c(Cl)c(Cl)c(Cl)c12. The van der Waals surface area contributed by atoms with Crippen molar-refractivity contribution in [2.24, 2.45) is 30.0 Å². The molecule has 8 bridgehead atoms. The molecule has 2 N–H and O–H groups in total. The van der Waals surface area contributed by atoms with Gasteiger partial charge in [0.05, 0.1) is 97.2 Å². The molecule has 2 unspecified atom stereocenters. The van der Waals surface area contributed by atoms with E-state index in [0.29, 0.717) is 5.56 Å². The van der Waals surface area contributed by atoms with Crippen LogP contribution in [0.4, 0.5) is 0 Å². The number of nitrogens with zero attached hydrogens (tertiary/aromatic N) is 6. The first-order valence-corrected chi connectivity index (χ1v) is 20.5. The summed E-state index contributed by atoms with van der Waals surface area (Å²) in [5.74, 6) is 0.130. The van der Waals surface area contributed by atoms with Gasteiger partial charge in [-0.05, 0) is 6.07 Å². The average molecular weight is 1030 g/mol. The molecule has 55 heavy (non-hydrogen) atoms. The monoisotopic (exact) mass is 1030 g/mol. The Kier molecular flexibility index (Phi) is 9.99. The predicted molar refractivity (Wildman–Crippen MR) is 230 cm³/mol. The summed E-state index contributed by atoms with van der Waals surface area (Å²) in [5, 5.41) is 3.69. The molecule has 0 fully saturated rings. The molecule has 0 aliphatic carbocycles. The van der Waals surface area contributed by atoms with Crippen LogP contribution < -0.4 is 16.3 Å². The van der Waals surface area contributed by atoms with Crippen molar-refractivity contribution >= 4 is 208 Å². The number of amidine groups is 4. The lowest BCUT2D eigenvalue weighted by Gasteiger charge is -2.17. The molecule has 5 heterocycles. The van der Waals surface area contributed by atoms with Crippen molar-refractivity contribution < 1.29 is 0 Å². The molecule has 5 aromatic rings. The third kappa shape index (κ3) is 5.70. The molecule has 4 aromatic carbocycles. The Bertz CT molecular complexity index is 2990. The highest BCUT2D eigenvalue weighted by atomic mass is 35.5. The summed E-state index contributed by atoms with van der Waals surface area (Å²) in [5.41, 5.74) is 1.67. The fraction of sp³-hybridized carbons (Fsp3) is 0.0625. The Morgan fingerprint density at radius 1 is 0.400 bits per heavy atom. The number of aromatic amines is 1. The summed E-state index contributed by atoms with van der Waals surface area (Å²) in [6.45, 7) is 0. The summed E-state index contributed by atoms with van der Waals surface area (Å²) in [4.78, 5) is 32.2. The number of halogens is 15. The lowest BCUT2D eigenvalue weighted by atomic mass is 10.0. The molecular formula is C32H5Cl15N8. The van der Waals surface area contributed by atoms with E-state index in [4.69, 9.17) is 204 Å². The summed E-state index contributed by atoms with van der Waals surface area (Å²) < 4.78 is 0. The first kappa shape index (κ1) is 39.3. The zero-order chi connectivity index (χ0) is 39.3. The van der Waals surface area contributed by atoms with Gasteiger partial charge in [-0.1, -0.05) is 174 Å². The molecule has 2 atom stereocenters. The largest absolute Gasteiger partial charge is 0.344 e. The molecule has 278 valence electrons. The van der Waals surface area contributed by atoms with E-state index in [1.165, 1.54) is 6.07 Å². The molecule has 0 radical (unpaired) electrons. The van der Waals surface area contributed by atoms with Crippen LogP contribution in [0, 0.1) is 0 Å². The Hall–Kier alpha value is -1.15. The second-order valence-electron chi connectivity index (χ2n) is 11.8. The fourth-order valence-corrected chi connectivity index (χ4v) is 10.4. The Morgan fingerprint density at radius 3 is 1.49 bits per heavy atom. The number of aliphatic imine (C=N–C) groups is 4. The zero-order valence-electron chi connectivity index (χ0n) is 25.6. The van der Waals surface area contributed by atoms with Crippen molar-refractivity contribution in [2.45, 2.75) is 12.3 Å². The number of hydrogen-bond acceptors (Lipinski definition) is 7. The minimum atomic E-state index is -1.18. The third-order valence-corrected chi connectivity index (χ3v) is 15.4. The van der Waals surface area contributed by atoms with Crippen molar-refractivity contribution in [3.63, 3.8) is 0 Å². The molecule has 0 saturated heterocycles. The second-order valence-corrected chi connectivity index (χ2v) is 17.5. The van der Waals surface area contributed by atoms with Crippen LogP contribution in [0.2, 0.25) is 75.3 Å². The summed E-state index contributed by atoms with van der Waals surface area (Å²) in [6.07, 6.45) is -2.19. The van der Waals surface area contributed by atoms with Gasteiger partial charge in [-0.15, -0.1) is 0 Å². The molecular weight excluding hydrogens is 1030 g/mol. The first-order valence-electron chi connectivity index (χ1n) is 14.8. The molecule has 0 spiro atoms. The first-order chi connectivity index (χ1) is 26.0. The fourth-order valence-electron chi connectivity index (χ4n) is 6.49. The summed E-state index contributed by atoms with van der Waals surface area (Å²) >= 11 is 101. The zero-order valence-corrected chi connectivity index (χ0v) is 36.9. The van der Waals surface area contributed by atoms with E-state index in [1.807, 2.05) is 0 Å². The molecule has 23 heteroatoms. The van der Waals surface area contributed by atoms with Crippen molar-refractivity contribution in [1.82, 2.24) is 10.3 Å². The number of H-pyrrole nitrogens is 1. The van der Waals surface area contributed by atoms with Crippen molar-refractivity contribution in [1.29, 1.82) is 0 Å². The van der Waals surface area contributed by atoms with Crippen molar-refractivity contribution in [3.8, 4) is 0 Å². The van der Waals surface area contributed by atoms with Crippen molar-refractivity contribution in [3.05, 3.63) is 126 Å². The van der Waals surface area contributed by atoms with Gasteiger partial charge in [-0.3, -0.25) is 0 Å². The maximum absolute atomic E-state index is 6.86. The highest BCUT2D eigenvalue weighted by Crippen LogP contribution is 2.51. The van der Waals surface area contributed by atoms with Gasteiger partial charge in [0.15, 0.2) is 29.8 Å². The number of benzene rings is 4. The van der Waals surface area contributed by atoms with Crippen LogP contribution in [-0.2, 0) is 0 Å². The number of fused-ring (bicyclic) bond motifs is 17. The molecule has 0 saturated carbocycles. The quantitative estimate of drug-likeness (QED) is 0.117. The van der Waals surface area contributed by atoms with Gasteiger partial charge in [0.25, 0.3) is 0 Å². The van der Waals surface area contributed by atoms with Gasteiger partial charge in [-0.2, -0.15) is 0 Å². The minimum absolute atomic E-state index is 0.00951. The van der Waals surface area contributed by atoms with Crippen LogP contribution in [0.25, 0.3) is 10.8 Å². The smallest absolute Gasteiger partial charge is 0.172 e. The van der Waals surface area contributed by atoms with Crippen LogP contribution in [0.5, 0.6) is 0 Å². The van der Waals surface area contributed by atoms with E-state index in [1.54, 1.807) is 0 Å². The van der Waals surface area contributed by atoms with E-state index in [0.717, 1.165) is 0 Å². The number of nitrogens with one attached hydrogen (secondary N) is 2. The normalized spacial score (nSPS) is 17.9. The van der Waals surface area contributed by atoms with E-state index in [-0.39, 0.29) is 148 Å². The van der Waals surface area contributed by atoms with Gasteiger partial charge in [0.1, 0.15) is 16.8 Å². The lowest BCUT2D eigenvalue weighted by molar-refractivity contribution is 0.693. The maximum Gasteiger partial charge on any atom is 0.172 e. The highest BCUT2D eigenvalue weighted by Gasteiger charge is 2.40. The second kappa shape index (κ2) is 14.0. The van der Waals surface area contributed by atoms with E-state index in [9.17, 15) is 0 Å². The van der Waals surface area contributed by atoms with Gasteiger partial charge >= 0.3 is 0 Å². The van der Waals surface area contributed by atoms with E-state index >= 15 is 0 Å². The molecule has 8 nitrogen and oxygen atoms in total. The van der Waals surface area contributed by atoms with Crippen molar-refractivity contribution in [2.75, 3.05) is 0 Å². The van der Waals surface area contributed by atoms with Gasteiger partial charge in [0, 0.05) is 22.3 Å². The molecule has 1 aromatic heterocycles. The highest BCUT2D eigenvalue weighted by molar-refractivity contribution is 6.57. The third-order valence-electron chi connectivity index (χ3n) is 8.86. The topological polar surface area (TPSA) is 102 Å². The maximum atomic E-state index is 6.86. The summed E-state index contributed by atoms with van der Waals surface area (Å²) in [7, 11) is 0. The standard InChI is InChI=1S/C32H5Cl15N8/c33-2-1-3(34)12(35)5-4(2)25-48-26(5)50-28-8-9(16(39)22(45)21(44)15(8)38)30(52-28)54-32-11-10(17(40)23(46)24(47)18(11)41)31(55-32)53-29-7-6(27(49-25)51-29)13(36)19(42)20(43)14(7)37/h1,25,29H,(H,49,51)(H,48,50,52,53,54,55). The van der Waals surface area contributed by atoms with E-state index < -0.39 is 12.3 Å². The Balaban J connectivity index is 1.47. The van der Waals surface area contributed by atoms with Crippen LogP contribution >= 0.6 is 174 Å². The Labute approximate surface area is 382 Å². The van der Waals surface area contributed by atoms with E-state index in [2.05, 4.69) is 10.3 Å². The minimum Gasteiger partial charge on any atom is -0.344 e. The molecule has 4 aliphatic heterocycles. The van der Waals surface area contributed by atoms with Crippen LogP contribution in [0.1, 0.15) is 45.7 Å². The van der Waals surface area contributed by atoms with Crippen LogP contribution in [0.3, 0.4) is 0 Å². The lowest BCUT2D eigenvalue weighted by Crippen LogP contribution is -2.27.